The van der Waals surface area contributed by atoms with Crippen LogP contribution in [0.15, 0.2) is 41.5 Å². The molecule has 9 heteroatoms. The Labute approximate surface area is 194 Å². The van der Waals surface area contributed by atoms with Crippen molar-refractivity contribution in [2.24, 2.45) is 12.0 Å². The van der Waals surface area contributed by atoms with Crippen molar-refractivity contribution in [2.75, 3.05) is 32.7 Å². The highest BCUT2D eigenvalue weighted by atomic mass is 127. The molecule has 0 atom stereocenters. The largest absolute Gasteiger partial charge is 0.357 e. The first-order chi connectivity index (χ1) is 13.6. The van der Waals surface area contributed by atoms with Crippen LogP contribution >= 0.6 is 35.6 Å². The Balaban J connectivity index is 0.00000300. The number of rotatable bonds is 5. The van der Waals surface area contributed by atoms with Gasteiger partial charge in [0.15, 0.2) is 5.96 Å². The molecule has 1 aromatic carbocycles. The van der Waals surface area contributed by atoms with Crippen molar-refractivity contribution < 1.29 is 4.79 Å². The number of piperazine rings is 1. The van der Waals surface area contributed by atoms with Crippen LogP contribution in [-0.4, -0.2) is 64.2 Å². The van der Waals surface area contributed by atoms with Crippen LogP contribution in [0.4, 0.5) is 0 Å². The molecule has 3 rings (SSSR count). The zero-order valence-electron chi connectivity index (χ0n) is 16.8. The van der Waals surface area contributed by atoms with Gasteiger partial charge in [0.1, 0.15) is 0 Å². The lowest BCUT2D eigenvalue weighted by Gasteiger charge is -2.36. The van der Waals surface area contributed by atoms with Crippen LogP contribution in [0.1, 0.15) is 18.2 Å². The number of nitrogens with zero attached hydrogens (tertiary/aromatic N) is 5. The number of amides is 1. The van der Waals surface area contributed by atoms with Crippen molar-refractivity contribution in [3.63, 3.8) is 0 Å². The molecule has 1 aliphatic rings. The smallest absolute Gasteiger partial charge is 0.227 e. The maximum Gasteiger partial charge on any atom is 0.227 e. The Morgan fingerprint density at radius 1 is 1.21 bits per heavy atom. The van der Waals surface area contributed by atoms with Gasteiger partial charge >= 0.3 is 0 Å². The lowest BCUT2D eigenvalue weighted by Crippen LogP contribution is -2.54. The minimum atomic E-state index is 0. The fourth-order valence-corrected chi connectivity index (χ4v) is 3.45. The molecule has 0 aliphatic carbocycles. The van der Waals surface area contributed by atoms with E-state index in [0.717, 1.165) is 36.9 Å². The predicted molar refractivity (Wildman–Crippen MR) is 127 cm³/mol. The Kier molecular flexibility index (Phi) is 9.22. The molecule has 0 radical (unpaired) electrons. The van der Waals surface area contributed by atoms with Crippen LogP contribution in [0.5, 0.6) is 0 Å². The standard InChI is InChI=1S/C20H27ClN6O.HI/c1-3-22-20(23-15-18-7-8-24-25(18)2)27-11-9-26(10-12-27)19(28)14-16-5-4-6-17(21)13-16;/h4-8,13H,3,9-12,14-15H2,1-2H3,(H,22,23);1H. The van der Waals surface area contributed by atoms with E-state index in [1.54, 1.807) is 6.20 Å². The van der Waals surface area contributed by atoms with Gasteiger partial charge in [0.25, 0.3) is 0 Å². The number of carbonyl (C=O) groups excluding carboxylic acids is 1. The van der Waals surface area contributed by atoms with Crippen LogP contribution in [0.25, 0.3) is 0 Å². The van der Waals surface area contributed by atoms with Crippen LogP contribution in [0.3, 0.4) is 0 Å². The third kappa shape index (κ3) is 6.60. The molecule has 1 aliphatic heterocycles. The number of guanidine groups is 1. The number of aliphatic imine (C=N–C) groups is 1. The van der Waals surface area contributed by atoms with Crippen molar-refractivity contribution in [2.45, 2.75) is 19.9 Å². The van der Waals surface area contributed by atoms with E-state index in [1.165, 1.54) is 0 Å². The molecule has 1 aromatic heterocycles. The molecule has 29 heavy (non-hydrogen) atoms. The van der Waals surface area contributed by atoms with Gasteiger partial charge in [-0.3, -0.25) is 9.48 Å². The SMILES string of the molecule is CCNC(=NCc1ccnn1C)N1CCN(C(=O)Cc2cccc(Cl)c2)CC1.I. The molecule has 1 saturated heterocycles. The molecule has 158 valence electrons. The maximum atomic E-state index is 12.6. The highest BCUT2D eigenvalue weighted by Gasteiger charge is 2.23. The summed E-state index contributed by atoms with van der Waals surface area (Å²) in [5.41, 5.74) is 2.01. The van der Waals surface area contributed by atoms with Gasteiger partial charge in [-0.1, -0.05) is 23.7 Å². The third-order valence-electron chi connectivity index (χ3n) is 4.82. The third-order valence-corrected chi connectivity index (χ3v) is 5.06. The van der Waals surface area contributed by atoms with Crippen LogP contribution in [0.2, 0.25) is 5.02 Å². The quantitative estimate of drug-likeness (QED) is 0.367. The fraction of sp³-hybridized carbons (Fsp3) is 0.450. The first kappa shape index (κ1) is 23.5. The number of hydrogen-bond acceptors (Lipinski definition) is 3. The van der Waals surface area contributed by atoms with E-state index >= 15 is 0 Å². The van der Waals surface area contributed by atoms with E-state index in [0.29, 0.717) is 31.1 Å². The van der Waals surface area contributed by atoms with Crippen LogP contribution in [-0.2, 0) is 24.8 Å². The van der Waals surface area contributed by atoms with Crippen molar-refractivity contribution in [3.05, 3.63) is 52.8 Å². The molecule has 2 aromatic rings. The molecular weight excluding hydrogens is 503 g/mol. The summed E-state index contributed by atoms with van der Waals surface area (Å²) in [5, 5.41) is 8.20. The molecule has 1 N–H and O–H groups in total. The summed E-state index contributed by atoms with van der Waals surface area (Å²) < 4.78 is 1.83. The first-order valence-electron chi connectivity index (χ1n) is 9.59. The Hall–Kier alpha value is -1.81. The van der Waals surface area contributed by atoms with Crippen molar-refractivity contribution in [1.82, 2.24) is 24.9 Å². The number of benzene rings is 1. The van der Waals surface area contributed by atoms with Crippen molar-refractivity contribution >= 4 is 47.4 Å². The summed E-state index contributed by atoms with van der Waals surface area (Å²) in [5.74, 6) is 1.02. The predicted octanol–water partition coefficient (Wildman–Crippen LogP) is 2.54. The average molecular weight is 531 g/mol. The fourth-order valence-electron chi connectivity index (χ4n) is 3.24. The molecule has 0 spiro atoms. The van der Waals surface area contributed by atoms with Crippen LogP contribution < -0.4 is 5.32 Å². The van der Waals surface area contributed by atoms with Gasteiger partial charge in [0.2, 0.25) is 5.91 Å². The summed E-state index contributed by atoms with van der Waals surface area (Å²) in [4.78, 5) is 21.5. The second-order valence-electron chi connectivity index (χ2n) is 6.79. The maximum absolute atomic E-state index is 12.6. The highest BCUT2D eigenvalue weighted by molar-refractivity contribution is 14.0. The monoisotopic (exact) mass is 530 g/mol. The molecule has 2 heterocycles. The molecule has 1 fully saturated rings. The minimum Gasteiger partial charge on any atom is -0.357 e. The Bertz CT molecular complexity index is 832. The Morgan fingerprint density at radius 2 is 1.93 bits per heavy atom. The van der Waals surface area contributed by atoms with Gasteiger partial charge in [-0.25, -0.2) is 4.99 Å². The van der Waals surface area contributed by atoms with E-state index in [2.05, 4.69) is 22.2 Å². The Morgan fingerprint density at radius 3 is 2.55 bits per heavy atom. The van der Waals surface area contributed by atoms with E-state index in [-0.39, 0.29) is 29.9 Å². The second kappa shape index (κ2) is 11.4. The molecule has 0 saturated carbocycles. The normalized spacial score (nSPS) is 14.5. The summed E-state index contributed by atoms with van der Waals surface area (Å²) >= 11 is 6.02. The number of nitrogens with one attached hydrogen (secondary N) is 1. The van der Waals surface area contributed by atoms with Gasteiger partial charge in [0, 0.05) is 51.0 Å². The van der Waals surface area contributed by atoms with Gasteiger partial charge < -0.3 is 15.1 Å². The van der Waals surface area contributed by atoms with Gasteiger partial charge in [-0.05, 0) is 30.7 Å². The molecule has 1 amide bonds. The molecule has 0 unspecified atom stereocenters. The number of hydrogen-bond donors (Lipinski definition) is 1. The number of aromatic nitrogens is 2. The summed E-state index contributed by atoms with van der Waals surface area (Å²) in [6, 6.07) is 9.46. The van der Waals surface area contributed by atoms with E-state index in [9.17, 15) is 4.79 Å². The summed E-state index contributed by atoms with van der Waals surface area (Å²) in [7, 11) is 1.92. The lowest BCUT2D eigenvalue weighted by atomic mass is 10.1. The number of aryl methyl sites for hydroxylation is 1. The van der Waals surface area contributed by atoms with Crippen molar-refractivity contribution in [3.8, 4) is 0 Å². The van der Waals surface area contributed by atoms with E-state index in [4.69, 9.17) is 16.6 Å². The van der Waals surface area contributed by atoms with E-state index < -0.39 is 0 Å². The average Bonchev–Trinajstić information content (AvgIpc) is 3.10. The van der Waals surface area contributed by atoms with Crippen LogP contribution in [0, 0.1) is 0 Å². The molecular formula is C20H28ClIN6O. The number of carbonyl (C=O) groups is 1. The highest BCUT2D eigenvalue weighted by Crippen LogP contribution is 2.13. The molecule has 7 nitrogen and oxygen atoms in total. The lowest BCUT2D eigenvalue weighted by molar-refractivity contribution is -0.131. The number of halogens is 2. The van der Waals surface area contributed by atoms with Gasteiger partial charge in [0.05, 0.1) is 18.7 Å². The zero-order valence-corrected chi connectivity index (χ0v) is 19.9. The zero-order chi connectivity index (χ0) is 19.9. The van der Waals surface area contributed by atoms with Gasteiger partial charge in [-0.2, -0.15) is 5.10 Å². The topological polar surface area (TPSA) is 65.8 Å². The summed E-state index contributed by atoms with van der Waals surface area (Å²) in [6.45, 7) is 6.34. The van der Waals surface area contributed by atoms with Gasteiger partial charge in [-0.15, -0.1) is 24.0 Å². The summed E-state index contributed by atoms with van der Waals surface area (Å²) in [6.07, 6.45) is 2.16. The van der Waals surface area contributed by atoms with Crippen molar-refractivity contribution in [1.29, 1.82) is 0 Å². The second-order valence-corrected chi connectivity index (χ2v) is 7.23. The van der Waals surface area contributed by atoms with E-state index in [1.807, 2.05) is 47.0 Å². The minimum absolute atomic E-state index is 0. The first-order valence-corrected chi connectivity index (χ1v) is 9.97. The molecule has 0 bridgehead atoms.